The van der Waals surface area contributed by atoms with E-state index in [0.717, 1.165) is 17.9 Å². The molecule has 2 aromatic heterocycles. The molecule has 0 unspecified atom stereocenters. The molecule has 0 aliphatic heterocycles. The van der Waals surface area contributed by atoms with Gasteiger partial charge in [0.1, 0.15) is 11.2 Å². The Labute approximate surface area is 100 Å². The van der Waals surface area contributed by atoms with Crippen molar-refractivity contribution in [2.75, 3.05) is 0 Å². The third kappa shape index (κ3) is 2.67. The fraction of sp³-hybridized carbons (Fsp3) is 0.500. The highest BCUT2D eigenvalue weighted by Gasteiger charge is 2.09. The van der Waals surface area contributed by atoms with Crippen molar-refractivity contribution in [3.8, 4) is 0 Å². The van der Waals surface area contributed by atoms with Crippen molar-refractivity contribution in [3.63, 3.8) is 0 Å². The minimum absolute atomic E-state index is 0.167. The molecule has 0 amide bonds. The van der Waals surface area contributed by atoms with Crippen molar-refractivity contribution in [2.45, 2.75) is 40.5 Å². The molecule has 5 heteroatoms. The van der Waals surface area contributed by atoms with Crippen LogP contribution in [0.25, 0.3) is 11.0 Å². The average Bonchev–Trinajstić information content (AvgIpc) is 2.40. The van der Waals surface area contributed by atoms with Crippen LogP contribution in [0.5, 0.6) is 0 Å². The monoisotopic (exact) mass is 234 g/mol. The molecule has 1 N–H and O–H groups in total. The molecule has 0 bridgehead atoms. The molecule has 0 saturated heterocycles. The van der Waals surface area contributed by atoms with E-state index in [1.54, 1.807) is 0 Å². The summed E-state index contributed by atoms with van der Waals surface area (Å²) in [5.74, 6) is 0.734. The second kappa shape index (κ2) is 6.08. The largest absolute Gasteiger partial charge is 0.312 e. The van der Waals surface area contributed by atoms with E-state index in [9.17, 15) is 4.79 Å². The lowest BCUT2D eigenvalue weighted by molar-refractivity contribution is 0.899. The fourth-order valence-corrected chi connectivity index (χ4v) is 1.51. The number of aromatic nitrogens is 4. The predicted octanol–water partition coefficient (Wildman–Crippen LogP) is 1.86. The van der Waals surface area contributed by atoms with Gasteiger partial charge in [0.2, 0.25) is 0 Å². The van der Waals surface area contributed by atoms with E-state index in [1.165, 1.54) is 6.33 Å². The van der Waals surface area contributed by atoms with E-state index < -0.39 is 0 Å². The lowest BCUT2D eigenvalue weighted by Gasteiger charge is -2.03. The fourth-order valence-electron chi connectivity index (χ4n) is 1.51. The first-order valence-electron chi connectivity index (χ1n) is 5.99. The highest BCUT2D eigenvalue weighted by molar-refractivity contribution is 5.75. The standard InChI is InChI=1S/C10H12N4O.C2H6/c1-3-6-8-9(11-5-12-10(8)15)14-7(4-2)13-6;1-2/h5H,3-4H2,1-2H3,(H,11,12,13,14,15);1-2H3. The molecule has 92 valence electrons. The van der Waals surface area contributed by atoms with Gasteiger partial charge in [-0.3, -0.25) is 4.79 Å². The number of H-pyrrole nitrogens is 1. The van der Waals surface area contributed by atoms with E-state index >= 15 is 0 Å². The zero-order valence-corrected chi connectivity index (χ0v) is 10.7. The van der Waals surface area contributed by atoms with Crippen LogP contribution in [0.3, 0.4) is 0 Å². The van der Waals surface area contributed by atoms with Crippen LogP contribution in [-0.2, 0) is 12.8 Å². The summed E-state index contributed by atoms with van der Waals surface area (Å²) in [6.07, 6.45) is 2.83. The Morgan fingerprint density at radius 3 is 2.47 bits per heavy atom. The summed E-state index contributed by atoms with van der Waals surface area (Å²) in [4.78, 5) is 26.7. The van der Waals surface area contributed by atoms with Crippen LogP contribution in [0.4, 0.5) is 0 Å². The molecule has 0 aromatic carbocycles. The Balaban J connectivity index is 0.000000686. The van der Waals surface area contributed by atoms with Gasteiger partial charge in [0.25, 0.3) is 5.56 Å². The third-order valence-electron chi connectivity index (χ3n) is 2.27. The molecule has 17 heavy (non-hydrogen) atoms. The Morgan fingerprint density at radius 1 is 1.18 bits per heavy atom. The number of hydrogen-bond acceptors (Lipinski definition) is 4. The SMILES string of the molecule is CC.CCc1nc(CC)c2c(=O)[nH]cnc2n1. The molecule has 0 saturated carbocycles. The van der Waals surface area contributed by atoms with Crippen molar-refractivity contribution in [1.82, 2.24) is 19.9 Å². The minimum Gasteiger partial charge on any atom is -0.312 e. The highest BCUT2D eigenvalue weighted by atomic mass is 16.1. The Morgan fingerprint density at radius 2 is 1.88 bits per heavy atom. The summed E-state index contributed by atoms with van der Waals surface area (Å²) in [7, 11) is 0. The maximum Gasteiger partial charge on any atom is 0.262 e. The summed E-state index contributed by atoms with van der Waals surface area (Å²) in [6, 6.07) is 0. The molecule has 0 aliphatic rings. The van der Waals surface area contributed by atoms with Crippen LogP contribution >= 0.6 is 0 Å². The zero-order valence-electron chi connectivity index (χ0n) is 10.7. The van der Waals surface area contributed by atoms with Crippen LogP contribution in [0.1, 0.15) is 39.2 Å². The van der Waals surface area contributed by atoms with Crippen LogP contribution in [0, 0.1) is 0 Å². The van der Waals surface area contributed by atoms with Crippen molar-refractivity contribution in [2.24, 2.45) is 0 Å². The van der Waals surface area contributed by atoms with Gasteiger partial charge >= 0.3 is 0 Å². The molecule has 0 fully saturated rings. The average molecular weight is 234 g/mol. The number of rotatable bonds is 2. The second-order valence-corrected chi connectivity index (χ2v) is 3.22. The lowest BCUT2D eigenvalue weighted by Crippen LogP contribution is -2.12. The van der Waals surface area contributed by atoms with E-state index in [1.807, 2.05) is 27.7 Å². The number of hydrogen-bond donors (Lipinski definition) is 1. The summed E-state index contributed by atoms with van der Waals surface area (Å²) < 4.78 is 0. The predicted molar refractivity (Wildman–Crippen MR) is 68.1 cm³/mol. The van der Waals surface area contributed by atoms with Gasteiger partial charge < -0.3 is 4.98 Å². The number of nitrogens with one attached hydrogen (secondary N) is 1. The molecule has 5 nitrogen and oxygen atoms in total. The molecule has 2 aromatic rings. The first-order valence-corrected chi connectivity index (χ1v) is 5.99. The van der Waals surface area contributed by atoms with Crippen LogP contribution < -0.4 is 5.56 Å². The highest BCUT2D eigenvalue weighted by Crippen LogP contribution is 2.09. The summed E-state index contributed by atoms with van der Waals surface area (Å²) in [5, 5.41) is 0.511. The van der Waals surface area contributed by atoms with E-state index in [2.05, 4.69) is 19.9 Å². The first kappa shape index (κ1) is 13.3. The van der Waals surface area contributed by atoms with Crippen LogP contribution in [0.15, 0.2) is 11.1 Å². The number of aromatic amines is 1. The molecule has 0 atom stereocenters. The normalized spacial score (nSPS) is 9.88. The molecular formula is C12H18N4O. The maximum atomic E-state index is 11.6. The summed E-state index contributed by atoms with van der Waals surface area (Å²) in [5.41, 5.74) is 1.09. The van der Waals surface area contributed by atoms with Crippen LogP contribution in [0.2, 0.25) is 0 Å². The molecular weight excluding hydrogens is 216 g/mol. The Kier molecular flexibility index (Phi) is 4.75. The molecule has 0 radical (unpaired) electrons. The van der Waals surface area contributed by atoms with Gasteiger partial charge in [-0.15, -0.1) is 0 Å². The molecule has 0 aliphatic carbocycles. The zero-order chi connectivity index (χ0) is 12.8. The molecule has 2 heterocycles. The van der Waals surface area contributed by atoms with Crippen molar-refractivity contribution in [3.05, 3.63) is 28.2 Å². The number of fused-ring (bicyclic) bond motifs is 1. The van der Waals surface area contributed by atoms with Gasteiger partial charge in [0.05, 0.1) is 12.0 Å². The Bertz CT molecular complexity index is 548. The van der Waals surface area contributed by atoms with Gasteiger partial charge in [-0.25, -0.2) is 15.0 Å². The first-order chi connectivity index (χ1) is 8.26. The second-order valence-electron chi connectivity index (χ2n) is 3.22. The van der Waals surface area contributed by atoms with E-state index in [4.69, 9.17) is 0 Å². The summed E-state index contributed by atoms with van der Waals surface area (Å²) >= 11 is 0. The van der Waals surface area contributed by atoms with Gasteiger partial charge in [0, 0.05) is 6.42 Å². The van der Waals surface area contributed by atoms with E-state index in [0.29, 0.717) is 17.5 Å². The van der Waals surface area contributed by atoms with Gasteiger partial charge in [-0.2, -0.15) is 0 Å². The minimum atomic E-state index is -0.167. The van der Waals surface area contributed by atoms with Gasteiger partial charge in [0.15, 0.2) is 5.65 Å². The third-order valence-corrected chi connectivity index (χ3v) is 2.27. The van der Waals surface area contributed by atoms with Crippen molar-refractivity contribution < 1.29 is 0 Å². The maximum absolute atomic E-state index is 11.6. The number of aryl methyl sites for hydroxylation is 2. The van der Waals surface area contributed by atoms with Gasteiger partial charge in [-0.1, -0.05) is 27.7 Å². The van der Waals surface area contributed by atoms with Crippen molar-refractivity contribution in [1.29, 1.82) is 0 Å². The van der Waals surface area contributed by atoms with Crippen molar-refractivity contribution >= 4 is 11.0 Å². The Hall–Kier alpha value is -1.78. The molecule has 0 spiro atoms. The smallest absolute Gasteiger partial charge is 0.262 e. The number of nitrogens with zero attached hydrogens (tertiary/aromatic N) is 3. The van der Waals surface area contributed by atoms with Crippen LogP contribution in [-0.4, -0.2) is 19.9 Å². The lowest BCUT2D eigenvalue weighted by atomic mass is 10.2. The topological polar surface area (TPSA) is 71.5 Å². The summed E-state index contributed by atoms with van der Waals surface area (Å²) in [6.45, 7) is 7.95. The van der Waals surface area contributed by atoms with E-state index in [-0.39, 0.29) is 5.56 Å². The quantitative estimate of drug-likeness (QED) is 0.861. The van der Waals surface area contributed by atoms with Gasteiger partial charge in [-0.05, 0) is 6.42 Å². The molecule has 2 rings (SSSR count).